The minimum atomic E-state index is -1.02. The standard InChI is InChI=1S/C13H17BrN2O5/c1-3-13(2,12(19)20)7-16-10(17)6-15-11(18)8-4-5-9(14)21-8/h4-5H,3,6-7H2,1-2H3,(H,15,18)(H,16,17)(H,19,20). The van der Waals surface area contributed by atoms with Crippen LogP contribution in [-0.2, 0) is 9.59 Å². The summed E-state index contributed by atoms with van der Waals surface area (Å²) < 4.78 is 5.45. The average Bonchev–Trinajstić information content (AvgIpc) is 2.88. The first-order valence-corrected chi connectivity index (χ1v) is 7.11. The van der Waals surface area contributed by atoms with Crippen molar-refractivity contribution in [2.24, 2.45) is 5.41 Å². The van der Waals surface area contributed by atoms with Gasteiger partial charge in [-0.1, -0.05) is 6.92 Å². The molecule has 0 saturated heterocycles. The van der Waals surface area contributed by atoms with Crippen LogP contribution in [0.1, 0.15) is 30.8 Å². The normalized spacial score (nSPS) is 13.3. The fraction of sp³-hybridized carbons (Fsp3) is 0.462. The van der Waals surface area contributed by atoms with E-state index in [9.17, 15) is 14.4 Å². The first kappa shape index (κ1) is 17.2. The van der Waals surface area contributed by atoms with Crippen LogP contribution < -0.4 is 10.6 Å². The van der Waals surface area contributed by atoms with Crippen molar-refractivity contribution >= 4 is 33.7 Å². The Kier molecular flexibility index (Phi) is 5.95. The number of hydrogen-bond acceptors (Lipinski definition) is 4. The molecule has 0 bridgehead atoms. The number of carboxylic acid groups (broad SMARTS) is 1. The predicted molar refractivity (Wildman–Crippen MR) is 77.8 cm³/mol. The lowest BCUT2D eigenvalue weighted by Crippen LogP contribution is -2.44. The van der Waals surface area contributed by atoms with Gasteiger partial charge in [0.25, 0.3) is 5.91 Å². The van der Waals surface area contributed by atoms with E-state index in [1.165, 1.54) is 6.07 Å². The molecule has 3 N–H and O–H groups in total. The molecule has 0 radical (unpaired) electrons. The van der Waals surface area contributed by atoms with E-state index >= 15 is 0 Å². The number of aliphatic carboxylic acids is 1. The van der Waals surface area contributed by atoms with Crippen molar-refractivity contribution in [3.8, 4) is 0 Å². The number of carboxylic acids is 1. The quantitative estimate of drug-likeness (QED) is 0.680. The maximum absolute atomic E-state index is 11.6. The van der Waals surface area contributed by atoms with Crippen LogP contribution in [-0.4, -0.2) is 36.0 Å². The van der Waals surface area contributed by atoms with Crippen LogP contribution >= 0.6 is 15.9 Å². The summed E-state index contributed by atoms with van der Waals surface area (Å²) in [6.45, 7) is 3.03. The summed E-state index contributed by atoms with van der Waals surface area (Å²) in [5.41, 5.74) is -1.02. The molecular formula is C13H17BrN2O5. The van der Waals surface area contributed by atoms with Gasteiger partial charge in [-0.2, -0.15) is 0 Å². The smallest absolute Gasteiger partial charge is 0.311 e. The van der Waals surface area contributed by atoms with Gasteiger partial charge in [-0.15, -0.1) is 0 Å². The van der Waals surface area contributed by atoms with Gasteiger partial charge in [0, 0.05) is 6.54 Å². The van der Waals surface area contributed by atoms with Gasteiger partial charge < -0.3 is 20.2 Å². The van der Waals surface area contributed by atoms with Crippen molar-refractivity contribution in [2.45, 2.75) is 20.3 Å². The Morgan fingerprint density at radius 2 is 2.00 bits per heavy atom. The van der Waals surface area contributed by atoms with Crippen LogP contribution in [0.4, 0.5) is 0 Å². The molecule has 0 saturated carbocycles. The second-order valence-electron chi connectivity index (χ2n) is 4.78. The Morgan fingerprint density at radius 3 is 2.48 bits per heavy atom. The van der Waals surface area contributed by atoms with Crippen LogP contribution in [0.15, 0.2) is 21.2 Å². The van der Waals surface area contributed by atoms with Gasteiger partial charge in [0.05, 0.1) is 12.0 Å². The number of furan rings is 1. The molecule has 1 heterocycles. The SMILES string of the molecule is CCC(C)(CNC(=O)CNC(=O)c1ccc(Br)o1)C(=O)O. The summed E-state index contributed by atoms with van der Waals surface area (Å²) >= 11 is 3.07. The molecule has 0 aromatic carbocycles. The molecule has 0 spiro atoms. The fourth-order valence-corrected chi connectivity index (χ4v) is 1.70. The van der Waals surface area contributed by atoms with E-state index in [1.54, 1.807) is 19.9 Å². The molecule has 0 aliphatic rings. The number of amides is 2. The van der Waals surface area contributed by atoms with Crippen LogP contribution in [0.3, 0.4) is 0 Å². The third kappa shape index (κ3) is 4.89. The molecule has 1 aromatic rings. The number of carbonyl (C=O) groups excluding carboxylic acids is 2. The van der Waals surface area contributed by atoms with Gasteiger partial charge >= 0.3 is 5.97 Å². The van der Waals surface area contributed by atoms with Gasteiger partial charge in [0.1, 0.15) is 0 Å². The third-order valence-corrected chi connectivity index (χ3v) is 3.61. The zero-order chi connectivity index (χ0) is 16.0. The molecule has 7 nitrogen and oxygen atoms in total. The summed E-state index contributed by atoms with van der Waals surface area (Å²) in [4.78, 5) is 34.3. The van der Waals surface area contributed by atoms with E-state index in [1.807, 2.05) is 0 Å². The van der Waals surface area contributed by atoms with Crippen molar-refractivity contribution in [2.75, 3.05) is 13.1 Å². The number of nitrogens with one attached hydrogen (secondary N) is 2. The number of rotatable bonds is 7. The highest BCUT2D eigenvalue weighted by atomic mass is 79.9. The van der Waals surface area contributed by atoms with Crippen LogP contribution in [0.5, 0.6) is 0 Å². The lowest BCUT2D eigenvalue weighted by Gasteiger charge is -2.23. The Bertz CT molecular complexity index is 542. The van der Waals surface area contributed by atoms with Crippen LogP contribution in [0.2, 0.25) is 0 Å². The summed E-state index contributed by atoms with van der Waals surface area (Å²) in [5, 5.41) is 14.0. The van der Waals surface area contributed by atoms with Crippen molar-refractivity contribution in [1.82, 2.24) is 10.6 Å². The Balaban J connectivity index is 2.41. The highest BCUT2D eigenvalue weighted by molar-refractivity contribution is 9.10. The molecule has 116 valence electrons. The van der Waals surface area contributed by atoms with E-state index in [0.717, 1.165) is 0 Å². The van der Waals surface area contributed by atoms with Gasteiger partial charge in [0.2, 0.25) is 5.91 Å². The first-order chi connectivity index (χ1) is 9.78. The molecule has 1 rings (SSSR count). The van der Waals surface area contributed by atoms with Crippen LogP contribution in [0.25, 0.3) is 0 Å². The summed E-state index contributed by atoms with van der Waals surface area (Å²) in [6.07, 6.45) is 0.384. The largest absolute Gasteiger partial charge is 0.481 e. The topological polar surface area (TPSA) is 109 Å². The summed E-state index contributed by atoms with van der Waals surface area (Å²) in [7, 11) is 0. The van der Waals surface area contributed by atoms with Gasteiger partial charge in [-0.3, -0.25) is 14.4 Å². The van der Waals surface area contributed by atoms with E-state index in [2.05, 4.69) is 26.6 Å². The minimum Gasteiger partial charge on any atom is -0.481 e. The van der Waals surface area contributed by atoms with Gasteiger partial charge in [-0.05, 0) is 41.4 Å². The van der Waals surface area contributed by atoms with E-state index in [0.29, 0.717) is 11.1 Å². The molecular weight excluding hydrogens is 344 g/mol. The lowest BCUT2D eigenvalue weighted by atomic mass is 9.88. The lowest BCUT2D eigenvalue weighted by molar-refractivity contribution is -0.148. The zero-order valence-electron chi connectivity index (χ0n) is 11.7. The number of hydrogen-bond donors (Lipinski definition) is 3. The highest BCUT2D eigenvalue weighted by Crippen LogP contribution is 2.19. The van der Waals surface area contributed by atoms with Crippen molar-refractivity contribution in [3.63, 3.8) is 0 Å². The summed E-state index contributed by atoms with van der Waals surface area (Å²) in [6, 6.07) is 3.03. The molecule has 2 amide bonds. The van der Waals surface area contributed by atoms with Crippen molar-refractivity contribution < 1.29 is 23.9 Å². The Morgan fingerprint density at radius 1 is 1.33 bits per heavy atom. The average molecular weight is 361 g/mol. The Labute approximate surface area is 130 Å². The summed E-state index contributed by atoms with van der Waals surface area (Å²) in [5.74, 6) is -1.88. The second-order valence-corrected chi connectivity index (χ2v) is 5.56. The third-order valence-electron chi connectivity index (χ3n) is 3.18. The van der Waals surface area contributed by atoms with Gasteiger partial charge in [-0.25, -0.2) is 0 Å². The van der Waals surface area contributed by atoms with Crippen molar-refractivity contribution in [1.29, 1.82) is 0 Å². The molecule has 1 aromatic heterocycles. The van der Waals surface area contributed by atoms with Gasteiger partial charge in [0.15, 0.2) is 10.4 Å². The number of carbonyl (C=O) groups is 3. The highest BCUT2D eigenvalue weighted by Gasteiger charge is 2.31. The van der Waals surface area contributed by atoms with Crippen molar-refractivity contribution in [3.05, 3.63) is 22.6 Å². The van der Waals surface area contributed by atoms with E-state index in [-0.39, 0.29) is 18.8 Å². The maximum atomic E-state index is 11.6. The van der Waals surface area contributed by atoms with E-state index in [4.69, 9.17) is 9.52 Å². The molecule has 0 aliphatic carbocycles. The Hall–Kier alpha value is -1.83. The fourth-order valence-electron chi connectivity index (χ4n) is 1.39. The second kappa shape index (κ2) is 7.26. The van der Waals surface area contributed by atoms with Crippen LogP contribution in [0, 0.1) is 5.41 Å². The maximum Gasteiger partial charge on any atom is 0.311 e. The van der Waals surface area contributed by atoms with E-state index < -0.39 is 23.2 Å². The molecule has 0 fully saturated rings. The molecule has 8 heteroatoms. The molecule has 1 atom stereocenters. The number of halogens is 1. The molecule has 0 aliphatic heterocycles. The molecule has 1 unspecified atom stereocenters. The molecule has 21 heavy (non-hydrogen) atoms. The monoisotopic (exact) mass is 360 g/mol. The predicted octanol–water partition coefficient (Wildman–Crippen LogP) is 1.39. The zero-order valence-corrected chi connectivity index (χ0v) is 13.3. The first-order valence-electron chi connectivity index (χ1n) is 6.32. The minimum absolute atomic E-state index is 0.000161.